The first kappa shape index (κ1) is 18.9. The van der Waals surface area contributed by atoms with Crippen LogP contribution >= 0.6 is 11.8 Å². The molecule has 0 nitrogen and oxygen atoms in total. The summed E-state index contributed by atoms with van der Waals surface area (Å²) in [7, 11) is 0. The predicted molar refractivity (Wildman–Crippen MR) is 107 cm³/mol. The Balaban J connectivity index is 1.96. The third kappa shape index (κ3) is 5.85. The third-order valence-corrected chi connectivity index (χ3v) is 6.60. The topological polar surface area (TPSA) is 0 Å². The molecule has 0 N–H and O–H groups in total. The molecule has 0 radical (unpaired) electrons. The average Bonchev–Trinajstić information content (AvgIpc) is 2.47. The van der Waals surface area contributed by atoms with E-state index >= 15 is 0 Å². The predicted octanol–water partition coefficient (Wildman–Crippen LogP) is 7.82. The van der Waals surface area contributed by atoms with E-state index in [2.05, 4.69) is 45.2 Å². The first-order valence-corrected chi connectivity index (χ1v) is 10.7. The van der Waals surface area contributed by atoms with Crippen molar-refractivity contribution in [2.45, 2.75) is 96.7 Å². The van der Waals surface area contributed by atoms with Gasteiger partial charge in [0.25, 0.3) is 0 Å². The van der Waals surface area contributed by atoms with Gasteiger partial charge in [-0.1, -0.05) is 68.9 Å². The van der Waals surface area contributed by atoms with Gasteiger partial charge < -0.3 is 0 Å². The molecule has 23 heavy (non-hydrogen) atoms. The Labute approximate surface area is 148 Å². The van der Waals surface area contributed by atoms with Gasteiger partial charge in [-0.25, -0.2) is 0 Å². The molecule has 0 amide bonds. The molecule has 0 aliphatic heterocycles. The van der Waals surface area contributed by atoms with Crippen LogP contribution in [0.15, 0.2) is 34.3 Å². The van der Waals surface area contributed by atoms with E-state index in [0.717, 1.165) is 17.6 Å². The molecule has 0 heterocycles. The summed E-state index contributed by atoms with van der Waals surface area (Å²) in [4.78, 5) is 1.59. The largest absolute Gasteiger partial charge is 0.127 e. The molecule has 0 spiro atoms. The van der Waals surface area contributed by atoms with Crippen LogP contribution in [0.25, 0.3) is 0 Å². The molecule has 2 aliphatic rings. The quantitative estimate of drug-likeness (QED) is 0.290. The maximum atomic E-state index is 4.15. The molecule has 2 unspecified atom stereocenters. The average molecular weight is 333 g/mol. The molecule has 0 aromatic rings. The highest BCUT2D eigenvalue weighted by Gasteiger charge is 2.33. The summed E-state index contributed by atoms with van der Waals surface area (Å²) in [6, 6.07) is 0. The van der Waals surface area contributed by atoms with E-state index in [0.29, 0.717) is 0 Å². The molecule has 0 saturated carbocycles. The van der Waals surface area contributed by atoms with Gasteiger partial charge in [0, 0.05) is 5.25 Å². The van der Waals surface area contributed by atoms with E-state index in [-0.39, 0.29) is 0 Å². The molecule has 2 atom stereocenters. The second-order valence-electron chi connectivity index (χ2n) is 7.59. The van der Waals surface area contributed by atoms with Crippen LogP contribution in [0.2, 0.25) is 0 Å². The molecule has 2 rings (SSSR count). The Morgan fingerprint density at radius 3 is 2.61 bits per heavy atom. The highest BCUT2D eigenvalue weighted by molar-refractivity contribution is 8.03. The van der Waals surface area contributed by atoms with E-state index in [1.807, 2.05) is 11.1 Å². The summed E-state index contributed by atoms with van der Waals surface area (Å²) in [6.07, 6.45) is 17.2. The zero-order valence-electron chi connectivity index (χ0n) is 15.6. The van der Waals surface area contributed by atoms with Crippen LogP contribution in [0.1, 0.15) is 91.4 Å². The van der Waals surface area contributed by atoms with E-state index in [4.69, 9.17) is 0 Å². The van der Waals surface area contributed by atoms with Gasteiger partial charge in [0.05, 0.1) is 0 Å². The van der Waals surface area contributed by atoms with Gasteiger partial charge in [-0.15, -0.1) is 11.8 Å². The fraction of sp³-hybridized carbons (Fsp3) is 0.727. The first-order valence-electron chi connectivity index (χ1n) is 9.84. The maximum absolute atomic E-state index is 4.15. The molecule has 130 valence electrons. The van der Waals surface area contributed by atoms with Crippen molar-refractivity contribution < 1.29 is 0 Å². The normalized spacial score (nSPS) is 24.4. The van der Waals surface area contributed by atoms with Gasteiger partial charge in [0.15, 0.2) is 0 Å². The van der Waals surface area contributed by atoms with Crippen LogP contribution in [-0.2, 0) is 0 Å². The van der Waals surface area contributed by atoms with Gasteiger partial charge in [0.2, 0.25) is 0 Å². The van der Waals surface area contributed by atoms with Crippen molar-refractivity contribution in [3.8, 4) is 0 Å². The molecule has 0 aromatic carbocycles. The van der Waals surface area contributed by atoms with Crippen molar-refractivity contribution in [3.05, 3.63) is 34.3 Å². The van der Waals surface area contributed by atoms with Crippen molar-refractivity contribution in [1.29, 1.82) is 0 Å². The second-order valence-corrected chi connectivity index (χ2v) is 9.02. The zero-order valence-corrected chi connectivity index (χ0v) is 16.4. The summed E-state index contributed by atoms with van der Waals surface area (Å²) < 4.78 is 0. The van der Waals surface area contributed by atoms with Crippen LogP contribution in [0.3, 0.4) is 0 Å². The van der Waals surface area contributed by atoms with Gasteiger partial charge in [-0.3, -0.25) is 0 Å². The molecule has 0 fully saturated rings. The first-order chi connectivity index (χ1) is 11.1. The monoisotopic (exact) mass is 332 g/mol. The summed E-state index contributed by atoms with van der Waals surface area (Å²) in [5, 5.41) is 0.822. The van der Waals surface area contributed by atoms with Crippen LogP contribution < -0.4 is 0 Å². The molecule has 0 aromatic heterocycles. The smallest absolute Gasteiger partial charge is 0.0134 e. The number of unbranched alkanes of at least 4 members (excludes halogenated alkanes) is 3. The lowest BCUT2D eigenvalue weighted by Gasteiger charge is -2.40. The number of hydrogen-bond acceptors (Lipinski definition) is 1. The highest BCUT2D eigenvalue weighted by Crippen LogP contribution is 2.49. The van der Waals surface area contributed by atoms with E-state index in [1.54, 1.807) is 4.91 Å². The van der Waals surface area contributed by atoms with Crippen LogP contribution in [0.5, 0.6) is 0 Å². The lowest BCUT2D eigenvalue weighted by Crippen LogP contribution is -2.26. The van der Waals surface area contributed by atoms with E-state index in [1.165, 1.54) is 69.8 Å². The lowest BCUT2D eigenvalue weighted by molar-refractivity contribution is 0.411. The Bertz CT molecular complexity index is 455. The number of rotatable bonds is 10. The fourth-order valence-corrected chi connectivity index (χ4v) is 5.55. The van der Waals surface area contributed by atoms with Crippen LogP contribution in [0, 0.1) is 5.92 Å². The molecule has 1 heteroatoms. The van der Waals surface area contributed by atoms with Gasteiger partial charge in [0.1, 0.15) is 0 Å². The summed E-state index contributed by atoms with van der Waals surface area (Å²) in [6.45, 7) is 10.9. The van der Waals surface area contributed by atoms with Crippen molar-refractivity contribution >= 4 is 11.8 Å². The SMILES string of the molecule is C=C(C)C/C(=C/CCCC)SC1CC2=C(CC2)C(CCCC)C1. The molecular weight excluding hydrogens is 296 g/mol. The highest BCUT2D eigenvalue weighted by atomic mass is 32.2. The Morgan fingerprint density at radius 1 is 1.22 bits per heavy atom. The molecule has 2 aliphatic carbocycles. The Hall–Kier alpha value is -0.430. The van der Waals surface area contributed by atoms with Crippen molar-refractivity contribution in [1.82, 2.24) is 0 Å². The summed E-state index contributed by atoms with van der Waals surface area (Å²) in [5.41, 5.74) is 5.01. The van der Waals surface area contributed by atoms with Crippen LogP contribution in [-0.4, -0.2) is 5.25 Å². The maximum Gasteiger partial charge on any atom is 0.0134 e. The van der Waals surface area contributed by atoms with Crippen LogP contribution in [0.4, 0.5) is 0 Å². The van der Waals surface area contributed by atoms with Gasteiger partial charge >= 0.3 is 0 Å². The fourth-order valence-electron chi connectivity index (χ4n) is 3.96. The standard InChI is InChI=1S/C22H36S/c1-5-7-9-11-20(14-17(3)4)23-21-15-18(10-8-6-2)22-13-12-19(22)16-21/h11,18,21H,3,5-10,12-16H2,1-2,4H3/b20-11-. The third-order valence-electron chi connectivity index (χ3n) is 5.29. The number of allylic oxidation sites excluding steroid dienone is 5. The van der Waals surface area contributed by atoms with Gasteiger partial charge in [-0.2, -0.15) is 0 Å². The van der Waals surface area contributed by atoms with Crippen molar-refractivity contribution in [3.63, 3.8) is 0 Å². The van der Waals surface area contributed by atoms with Crippen molar-refractivity contribution in [2.75, 3.05) is 0 Å². The minimum Gasteiger partial charge on any atom is -0.127 e. The molecular formula is C22H36S. The molecule has 0 bridgehead atoms. The van der Waals surface area contributed by atoms with Gasteiger partial charge in [-0.05, 0) is 62.7 Å². The summed E-state index contributed by atoms with van der Waals surface area (Å²) >= 11 is 2.19. The summed E-state index contributed by atoms with van der Waals surface area (Å²) in [5.74, 6) is 0.909. The zero-order chi connectivity index (χ0) is 16.7. The number of hydrogen-bond donors (Lipinski definition) is 0. The minimum absolute atomic E-state index is 0.822. The minimum atomic E-state index is 0.822. The number of thioether (sulfide) groups is 1. The Kier molecular flexibility index (Phi) is 8.03. The van der Waals surface area contributed by atoms with E-state index < -0.39 is 0 Å². The van der Waals surface area contributed by atoms with Crippen molar-refractivity contribution in [2.24, 2.45) is 5.92 Å². The Morgan fingerprint density at radius 2 is 2.00 bits per heavy atom. The lowest BCUT2D eigenvalue weighted by atomic mass is 9.70. The van der Waals surface area contributed by atoms with E-state index in [9.17, 15) is 0 Å². The molecule has 0 saturated heterocycles. The second kappa shape index (κ2) is 9.77.